The number of nitrogens with one attached hydrogen (secondary N) is 1. The van der Waals surface area contributed by atoms with Crippen LogP contribution in [0.1, 0.15) is 44.9 Å². The Bertz CT molecular complexity index is 1840. The van der Waals surface area contributed by atoms with Crippen molar-refractivity contribution in [2.75, 3.05) is 33.3 Å². The number of benzene rings is 3. The third kappa shape index (κ3) is 6.86. The molecule has 3 heterocycles. The number of pyridine rings is 1. The summed E-state index contributed by atoms with van der Waals surface area (Å²) in [4.78, 5) is 51.8. The molecule has 1 atom stereocenters. The van der Waals surface area contributed by atoms with Crippen molar-refractivity contribution in [2.45, 2.75) is 24.0 Å². The first-order valence-corrected chi connectivity index (χ1v) is 16.1. The monoisotopic (exact) mass is 649 g/mol. The van der Waals surface area contributed by atoms with Crippen LogP contribution in [0.25, 0.3) is 10.9 Å². The molecule has 1 saturated heterocycles. The van der Waals surface area contributed by atoms with E-state index in [-0.39, 0.29) is 28.2 Å². The summed E-state index contributed by atoms with van der Waals surface area (Å²) in [5.74, 6) is -1.23. The Kier molecular flexibility index (Phi) is 9.55. The van der Waals surface area contributed by atoms with Crippen LogP contribution in [0.2, 0.25) is 0 Å². The minimum atomic E-state index is -1.17. The van der Waals surface area contributed by atoms with Crippen molar-refractivity contribution < 1.29 is 24.2 Å². The molecular formula is C36H35N5O5S. The van der Waals surface area contributed by atoms with Crippen LogP contribution in [0.3, 0.4) is 0 Å². The number of aromatic carboxylic acids is 1. The SMILES string of the molecule is COc1ccc2[nH]c(C(=O)N(Sc3ncccc3C(=O)O)[C@H](C)C(=O)N3CCN(C(c4ccccc4)c4ccccc4)CC3)cc2c1. The maximum atomic E-state index is 14.1. The first-order chi connectivity index (χ1) is 22.8. The van der Waals surface area contributed by atoms with Gasteiger partial charge in [0.2, 0.25) is 5.91 Å². The molecular weight excluding hydrogens is 614 g/mol. The lowest BCUT2D eigenvalue weighted by molar-refractivity contribution is -0.136. The van der Waals surface area contributed by atoms with Crippen molar-refractivity contribution in [3.8, 4) is 5.75 Å². The number of carbonyl (C=O) groups is 3. The largest absolute Gasteiger partial charge is 0.497 e. The quantitative estimate of drug-likeness (QED) is 0.184. The Hall–Kier alpha value is -5.13. The molecule has 1 aliphatic heterocycles. The Morgan fingerprint density at radius 1 is 0.894 bits per heavy atom. The highest BCUT2D eigenvalue weighted by Gasteiger charge is 2.35. The standard InChI is InChI=1S/C36H35N5O5S/c1-24(34(42)40-20-18-39(19-21-40)32(25-10-5-3-6-11-25)26-12-7-4-8-13-26)41(47-33-29(36(44)45)14-9-17-37-33)35(43)31-23-27-22-28(46-2)15-16-30(27)38-31/h3-17,22-24,32,38H,18-21H2,1-2H3,(H,44,45)/t24-/m1/s1. The van der Waals surface area contributed by atoms with Gasteiger partial charge < -0.3 is 19.7 Å². The summed E-state index contributed by atoms with van der Waals surface area (Å²) in [5.41, 5.74) is 3.29. The molecule has 0 saturated carbocycles. The third-order valence-electron chi connectivity index (χ3n) is 8.38. The van der Waals surface area contributed by atoms with Gasteiger partial charge >= 0.3 is 5.97 Å². The van der Waals surface area contributed by atoms with Gasteiger partial charge in [0.1, 0.15) is 22.5 Å². The summed E-state index contributed by atoms with van der Waals surface area (Å²) in [7, 11) is 1.57. The van der Waals surface area contributed by atoms with Crippen LogP contribution in [0.15, 0.2) is 108 Å². The van der Waals surface area contributed by atoms with E-state index >= 15 is 0 Å². The van der Waals surface area contributed by atoms with Crippen molar-refractivity contribution in [2.24, 2.45) is 0 Å². The zero-order chi connectivity index (χ0) is 32.9. The van der Waals surface area contributed by atoms with Crippen molar-refractivity contribution in [3.63, 3.8) is 0 Å². The molecule has 11 heteroatoms. The highest BCUT2D eigenvalue weighted by molar-refractivity contribution is 7.97. The number of ether oxygens (including phenoxy) is 1. The molecule has 47 heavy (non-hydrogen) atoms. The van der Waals surface area contributed by atoms with Crippen molar-refractivity contribution in [1.82, 2.24) is 24.1 Å². The van der Waals surface area contributed by atoms with Crippen LogP contribution in [-0.4, -0.2) is 86.3 Å². The van der Waals surface area contributed by atoms with E-state index in [0.29, 0.717) is 31.9 Å². The first kappa shape index (κ1) is 31.8. The fraction of sp³-hybridized carbons (Fsp3) is 0.222. The van der Waals surface area contributed by atoms with Crippen LogP contribution >= 0.6 is 11.9 Å². The summed E-state index contributed by atoms with van der Waals surface area (Å²) < 4.78 is 6.65. The number of methoxy groups -OCH3 is 1. The number of hydrogen-bond acceptors (Lipinski definition) is 7. The number of carboxylic acid groups (broad SMARTS) is 1. The van der Waals surface area contributed by atoms with E-state index in [1.54, 1.807) is 31.1 Å². The molecule has 240 valence electrons. The van der Waals surface area contributed by atoms with Crippen LogP contribution in [0.4, 0.5) is 0 Å². The number of aromatic nitrogens is 2. The molecule has 0 aliphatic carbocycles. The fourth-order valence-corrected chi connectivity index (χ4v) is 6.91. The van der Waals surface area contributed by atoms with Gasteiger partial charge in [-0.3, -0.25) is 18.8 Å². The number of nitrogens with zero attached hydrogens (tertiary/aromatic N) is 4. The number of hydrogen-bond donors (Lipinski definition) is 2. The molecule has 2 aromatic heterocycles. The highest BCUT2D eigenvalue weighted by atomic mass is 32.2. The van der Waals surface area contributed by atoms with Crippen LogP contribution < -0.4 is 4.74 Å². The Balaban J connectivity index is 1.25. The summed E-state index contributed by atoms with van der Waals surface area (Å²) in [6.07, 6.45) is 1.47. The average Bonchev–Trinajstić information content (AvgIpc) is 3.55. The lowest BCUT2D eigenvalue weighted by Gasteiger charge is -2.41. The molecule has 0 bridgehead atoms. The average molecular weight is 650 g/mol. The summed E-state index contributed by atoms with van der Waals surface area (Å²) in [6, 6.07) is 29.9. The van der Waals surface area contributed by atoms with Crippen molar-refractivity contribution in [1.29, 1.82) is 0 Å². The van der Waals surface area contributed by atoms with Crippen LogP contribution in [0, 0.1) is 0 Å². The van der Waals surface area contributed by atoms with E-state index in [9.17, 15) is 19.5 Å². The lowest BCUT2D eigenvalue weighted by Crippen LogP contribution is -2.54. The van der Waals surface area contributed by atoms with Gasteiger partial charge in [-0.1, -0.05) is 60.7 Å². The number of rotatable bonds is 10. The molecule has 1 aliphatic rings. The predicted molar refractivity (Wildman–Crippen MR) is 180 cm³/mol. The summed E-state index contributed by atoms with van der Waals surface area (Å²) in [5, 5.41) is 10.7. The Morgan fingerprint density at radius 2 is 1.55 bits per heavy atom. The zero-order valence-electron chi connectivity index (χ0n) is 26.1. The number of H-pyrrole nitrogens is 1. The van der Waals surface area contributed by atoms with Crippen molar-refractivity contribution in [3.05, 3.63) is 126 Å². The molecule has 0 spiro atoms. The molecule has 2 N–H and O–H groups in total. The number of carboxylic acids is 1. The molecule has 0 unspecified atom stereocenters. The second-order valence-electron chi connectivity index (χ2n) is 11.3. The predicted octanol–water partition coefficient (Wildman–Crippen LogP) is 5.74. The molecule has 10 nitrogen and oxygen atoms in total. The lowest BCUT2D eigenvalue weighted by atomic mass is 9.96. The van der Waals surface area contributed by atoms with Gasteiger partial charge in [0.25, 0.3) is 5.91 Å². The molecule has 5 aromatic rings. The van der Waals surface area contributed by atoms with Crippen LogP contribution in [-0.2, 0) is 4.79 Å². The first-order valence-electron chi connectivity index (χ1n) is 15.3. The molecule has 2 amide bonds. The fourth-order valence-electron chi connectivity index (χ4n) is 5.94. The minimum absolute atomic E-state index is 0.0416. The van der Waals surface area contributed by atoms with Crippen molar-refractivity contribution >= 4 is 40.6 Å². The van der Waals surface area contributed by atoms with E-state index in [4.69, 9.17) is 4.74 Å². The molecule has 3 aromatic carbocycles. The number of amides is 2. The van der Waals surface area contributed by atoms with E-state index in [1.807, 2.05) is 48.5 Å². The topological polar surface area (TPSA) is 119 Å². The molecule has 0 radical (unpaired) electrons. The maximum Gasteiger partial charge on any atom is 0.338 e. The molecule has 6 rings (SSSR count). The minimum Gasteiger partial charge on any atom is -0.497 e. The smallest absolute Gasteiger partial charge is 0.338 e. The second kappa shape index (κ2) is 14.1. The van der Waals surface area contributed by atoms with Gasteiger partial charge in [0.05, 0.1) is 18.7 Å². The number of piperazine rings is 1. The second-order valence-corrected chi connectivity index (χ2v) is 12.2. The highest BCUT2D eigenvalue weighted by Crippen LogP contribution is 2.32. The van der Waals surface area contributed by atoms with E-state index in [2.05, 4.69) is 39.1 Å². The maximum absolute atomic E-state index is 14.1. The van der Waals surface area contributed by atoms with Gasteiger partial charge in [0.15, 0.2) is 0 Å². The Labute approximate surface area is 277 Å². The van der Waals surface area contributed by atoms with Crippen LogP contribution in [0.5, 0.6) is 5.75 Å². The van der Waals surface area contributed by atoms with Gasteiger partial charge in [-0.05, 0) is 54.4 Å². The number of carbonyl (C=O) groups excluding carboxylic acids is 2. The Morgan fingerprint density at radius 3 is 2.17 bits per heavy atom. The summed E-state index contributed by atoms with van der Waals surface area (Å²) >= 11 is 0.854. The van der Waals surface area contributed by atoms with Gasteiger partial charge in [-0.2, -0.15) is 0 Å². The van der Waals surface area contributed by atoms with Gasteiger partial charge in [-0.25, -0.2) is 9.78 Å². The van der Waals surface area contributed by atoms with E-state index in [0.717, 1.165) is 22.9 Å². The molecule has 1 fully saturated rings. The van der Waals surface area contributed by atoms with Gasteiger partial charge in [-0.15, -0.1) is 0 Å². The zero-order valence-corrected chi connectivity index (χ0v) is 26.9. The van der Waals surface area contributed by atoms with E-state index in [1.165, 1.54) is 33.8 Å². The normalized spacial score (nSPS) is 14.2. The number of fused-ring (bicyclic) bond motifs is 1. The van der Waals surface area contributed by atoms with E-state index < -0.39 is 17.9 Å². The summed E-state index contributed by atoms with van der Waals surface area (Å²) in [6.45, 7) is 3.90. The number of aromatic amines is 1. The van der Waals surface area contributed by atoms with Gasteiger partial charge in [0, 0.05) is 55.2 Å². The third-order valence-corrected chi connectivity index (χ3v) is 9.55.